The van der Waals surface area contributed by atoms with E-state index in [1.165, 1.54) is 48.7 Å². The van der Waals surface area contributed by atoms with Crippen LogP contribution in [0.2, 0.25) is 0 Å². The summed E-state index contributed by atoms with van der Waals surface area (Å²) in [5.74, 6) is 1.80. The van der Waals surface area contributed by atoms with Gasteiger partial charge in [-0.2, -0.15) is 0 Å². The van der Waals surface area contributed by atoms with E-state index in [0.717, 1.165) is 66.8 Å². The molecule has 0 spiro atoms. The highest BCUT2D eigenvalue weighted by molar-refractivity contribution is 6.15. The van der Waals surface area contributed by atoms with E-state index in [1.54, 1.807) is 0 Å². The van der Waals surface area contributed by atoms with Crippen molar-refractivity contribution in [3.05, 3.63) is 249 Å². The number of hydrogen-bond donors (Lipinski definition) is 0. The van der Waals surface area contributed by atoms with Crippen LogP contribution in [0, 0.1) is 0 Å². The van der Waals surface area contributed by atoms with Crippen molar-refractivity contribution < 1.29 is 0 Å². The second-order valence-electron chi connectivity index (χ2n) is 18.0. The Kier molecular flexibility index (Phi) is 9.14. The molecule has 3 heterocycles. The highest BCUT2D eigenvalue weighted by atomic mass is 15.0. The molecule has 3 aromatic heterocycles. The molecule has 0 radical (unpaired) electrons. The molecule has 11 aromatic carbocycles. The minimum absolute atomic E-state index is 0.589. The first-order chi connectivity index (χ1) is 34.7. The van der Waals surface area contributed by atoms with Crippen molar-refractivity contribution >= 4 is 65.2 Å². The summed E-state index contributed by atoms with van der Waals surface area (Å²) in [6, 6.07) is 88.9. The highest BCUT2D eigenvalue weighted by Crippen LogP contribution is 2.41. The molecule has 326 valence electrons. The summed E-state index contributed by atoms with van der Waals surface area (Å²) in [6.45, 7) is 0. The molecule has 0 aliphatic carbocycles. The van der Waals surface area contributed by atoms with E-state index in [0.29, 0.717) is 17.5 Å². The van der Waals surface area contributed by atoms with E-state index in [-0.39, 0.29) is 0 Å². The number of rotatable bonds is 7. The Balaban J connectivity index is 1.05. The van der Waals surface area contributed by atoms with Gasteiger partial charge in [0.1, 0.15) is 0 Å². The fourth-order valence-corrected chi connectivity index (χ4v) is 10.7. The van der Waals surface area contributed by atoms with Crippen LogP contribution in [0.4, 0.5) is 0 Å². The predicted octanol–water partition coefficient (Wildman–Crippen LogP) is 16.7. The van der Waals surface area contributed by atoms with E-state index in [4.69, 9.17) is 15.0 Å². The van der Waals surface area contributed by atoms with E-state index in [1.807, 2.05) is 18.2 Å². The minimum Gasteiger partial charge on any atom is -0.309 e. The lowest BCUT2D eigenvalue weighted by atomic mass is 9.92. The van der Waals surface area contributed by atoms with Crippen molar-refractivity contribution in [1.82, 2.24) is 24.1 Å². The zero-order valence-corrected chi connectivity index (χ0v) is 37.9. The molecule has 5 nitrogen and oxygen atoms in total. The summed E-state index contributed by atoms with van der Waals surface area (Å²) in [5, 5.41) is 9.55. The standard InChI is InChI=1S/C65H41N5/c1-4-18-42(19-5-1)44-32-34-56-55-29-15-17-31-60(55)70(61(56)40-44)50-37-47(58-39-45-22-10-11-25-51(45)52-26-12-13-27-53(52)58)36-48(38-50)65-67-63(43-20-6-2-7-21-43)66-64(68-65)46-33-35-57-54-28-14-16-30-59(54)69(62(57)41-46)49-23-8-3-9-24-49/h1-41H. The summed E-state index contributed by atoms with van der Waals surface area (Å²) in [7, 11) is 0. The number of aromatic nitrogens is 5. The van der Waals surface area contributed by atoms with Gasteiger partial charge in [-0.15, -0.1) is 0 Å². The van der Waals surface area contributed by atoms with Crippen LogP contribution >= 0.6 is 0 Å². The molecule has 0 saturated heterocycles. The lowest BCUT2D eigenvalue weighted by Gasteiger charge is -2.16. The van der Waals surface area contributed by atoms with Gasteiger partial charge in [-0.3, -0.25) is 0 Å². The van der Waals surface area contributed by atoms with Crippen LogP contribution < -0.4 is 0 Å². The molecule has 70 heavy (non-hydrogen) atoms. The number of para-hydroxylation sites is 3. The van der Waals surface area contributed by atoms with Gasteiger partial charge in [0.15, 0.2) is 17.5 Å². The zero-order valence-electron chi connectivity index (χ0n) is 37.9. The number of fused-ring (bicyclic) bond motifs is 9. The summed E-state index contributed by atoms with van der Waals surface area (Å²) in [4.78, 5) is 16.1. The van der Waals surface area contributed by atoms with Crippen LogP contribution in [-0.2, 0) is 0 Å². The maximum atomic E-state index is 5.47. The summed E-state index contributed by atoms with van der Waals surface area (Å²) >= 11 is 0. The molecule has 5 heteroatoms. The maximum absolute atomic E-state index is 5.47. The van der Waals surface area contributed by atoms with Crippen LogP contribution in [0.1, 0.15) is 0 Å². The molecule has 0 unspecified atom stereocenters. The SMILES string of the molecule is c1ccc(-c2ccc3c4ccccc4n(-c4cc(-c5nc(-c6ccccc6)nc(-c6ccc7c8ccccc8n(-c8ccccc8)c7c6)n5)cc(-c5cc6ccccc6c6ccccc56)c4)c3c2)cc1. The molecular weight excluding hydrogens is 851 g/mol. The molecular formula is C65H41N5. The number of benzene rings is 11. The molecule has 0 atom stereocenters. The lowest BCUT2D eigenvalue weighted by Crippen LogP contribution is -2.02. The van der Waals surface area contributed by atoms with Gasteiger partial charge in [0.2, 0.25) is 0 Å². The van der Waals surface area contributed by atoms with E-state index >= 15 is 0 Å². The van der Waals surface area contributed by atoms with Crippen molar-refractivity contribution in [1.29, 1.82) is 0 Å². The van der Waals surface area contributed by atoms with Crippen LogP contribution in [0.5, 0.6) is 0 Å². The van der Waals surface area contributed by atoms with Gasteiger partial charge >= 0.3 is 0 Å². The Morgan fingerprint density at radius 2 is 0.686 bits per heavy atom. The van der Waals surface area contributed by atoms with Crippen molar-refractivity contribution in [2.75, 3.05) is 0 Å². The Bertz CT molecular complexity index is 4340. The van der Waals surface area contributed by atoms with Gasteiger partial charge in [-0.05, 0) is 104 Å². The van der Waals surface area contributed by atoms with E-state index in [2.05, 4.69) is 240 Å². The average Bonchev–Trinajstić information content (AvgIpc) is 3.95. The van der Waals surface area contributed by atoms with E-state index in [9.17, 15) is 0 Å². The van der Waals surface area contributed by atoms with Crippen LogP contribution in [0.25, 0.3) is 133 Å². The second-order valence-corrected chi connectivity index (χ2v) is 18.0. The molecule has 0 aliphatic rings. The third-order valence-electron chi connectivity index (χ3n) is 13.9. The van der Waals surface area contributed by atoms with Crippen molar-refractivity contribution in [3.63, 3.8) is 0 Å². The first-order valence-corrected chi connectivity index (χ1v) is 23.8. The quantitative estimate of drug-likeness (QED) is 0.150. The first kappa shape index (κ1) is 39.7. The fraction of sp³-hybridized carbons (Fsp3) is 0. The van der Waals surface area contributed by atoms with Crippen LogP contribution in [0.15, 0.2) is 249 Å². The van der Waals surface area contributed by atoms with Gasteiger partial charge < -0.3 is 9.13 Å². The Morgan fingerprint density at radius 3 is 1.36 bits per heavy atom. The average molecular weight is 892 g/mol. The smallest absolute Gasteiger partial charge is 0.164 e. The molecule has 0 fully saturated rings. The third kappa shape index (κ3) is 6.51. The minimum atomic E-state index is 0.589. The Labute approximate surface area is 403 Å². The largest absolute Gasteiger partial charge is 0.309 e. The van der Waals surface area contributed by atoms with Gasteiger partial charge in [-0.1, -0.05) is 188 Å². The van der Waals surface area contributed by atoms with Crippen LogP contribution in [0.3, 0.4) is 0 Å². The summed E-state index contributed by atoms with van der Waals surface area (Å²) in [5.41, 5.74) is 13.8. The monoisotopic (exact) mass is 891 g/mol. The normalized spacial score (nSPS) is 11.7. The van der Waals surface area contributed by atoms with Gasteiger partial charge in [0, 0.05) is 49.6 Å². The first-order valence-electron chi connectivity index (χ1n) is 23.8. The summed E-state index contributed by atoms with van der Waals surface area (Å²) in [6.07, 6.45) is 0. The van der Waals surface area contributed by atoms with Gasteiger partial charge in [0.25, 0.3) is 0 Å². The molecule has 0 bridgehead atoms. The lowest BCUT2D eigenvalue weighted by molar-refractivity contribution is 1.07. The molecule has 0 saturated carbocycles. The molecule has 14 aromatic rings. The van der Waals surface area contributed by atoms with Crippen LogP contribution in [-0.4, -0.2) is 24.1 Å². The predicted molar refractivity (Wildman–Crippen MR) is 291 cm³/mol. The van der Waals surface area contributed by atoms with E-state index < -0.39 is 0 Å². The Morgan fingerprint density at radius 1 is 0.229 bits per heavy atom. The van der Waals surface area contributed by atoms with Gasteiger partial charge in [0.05, 0.1) is 22.1 Å². The maximum Gasteiger partial charge on any atom is 0.164 e. The highest BCUT2D eigenvalue weighted by Gasteiger charge is 2.21. The molecule has 0 amide bonds. The second kappa shape index (κ2) is 16.1. The van der Waals surface area contributed by atoms with Crippen molar-refractivity contribution in [2.45, 2.75) is 0 Å². The Hall–Kier alpha value is -9.45. The van der Waals surface area contributed by atoms with Crippen molar-refractivity contribution in [2.24, 2.45) is 0 Å². The van der Waals surface area contributed by atoms with Crippen molar-refractivity contribution in [3.8, 4) is 67.8 Å². The third-order valence-corrected chi connectivity index (χ3v) is 13.9. The zero-order chi connectivity index (χ0) is 46.1. The fourth-order valence-electron chi connectivity index (χ4n) is 10.7. The molecule has 14 rings (SSSR count). The molecule has 0 N–H and O–H groups in total. The topological polar surface area (TPSA) is 48.5 Å². The van der Waals surface area contributed by atoms with Gasteiger partial charge in [-0.25, -0.2) is 15.0 Å². The summed E-state index contributed by atoms with van der Waals surface area (Å²) < 4.78 is 4.76. The molecule has 0 aliphatic heterocycles. The number of nitrogens with zero attached hydrogens (tertiary/aromatic N) is 5. The number of hydrogen-bond acceptors (Lipinski definition) is 3.